The van der Waals surface area contributed by atoms with Crippen molar-refractivity contribution in [3.8, 4) is 5.75 Å². The lowest BCUT2D eigenvalue weighted by Gasteiger charge is -2.06. The third kappa shape index (κ3) is 2.99. The number of phenolic OH excluding ortho intramolecular Hbond substituents is 1. The Balaban J connectivity index is 2.24. The fourth-order valence-corrected chi connectivity index (χ4v) is 1.76. The summed E-state index contributed by atoms with van der Waals surface area (Å²) in [7, 11) is 0. The van der Waals surface area contributed by atoms with Gasteiger partial charge in [-0.25, -0.2) is 8.78 Å². The van der Waals surface area contributed by atoms with Gasteiger partial charge in [-0.1, -0.05) is 13.3 Å². The van der Waals surface area contributed by atoms with Crippen molar-refractivity contribution in [1.82, 2.24) is 10.2 Å². The molecule has 0 atom stereocenters. The van der Waals surface area contributed by atoms with Crippen LogP contribution in [0.15, 0.2) is 12.1 Å². The normalized spacial score (nSPS) is 10.7. The van der Waals surface area contributed by atoms with Crippen LogP contribution in [-0.4, -0.2) is 21.2 Å². The van der Waals surface area contributed by atoms with E-state index in [0.717, 1.165) is 12.1 Å². The zero-order valence-corrected chi connectivity index (χ0v) is 11.0. The SMILES string of the molecule is CCCc1cc(NC(=O)c2cc(F)c(F)c(O)c2F)n[nH]1. The van der Waals surface area contributed by atoms with Crippen LogP contribution in [0, 0.1) is 17.5 Å². The molecule has 0 bridgehead atoms. The van der Waals surface area contributed by atoms with Gasteiger partial charge in [0.1, 0.15) is 0 Å². The van der Waals surface area contributed by atoms with E-state index in [4.69, 9.17) is 5.11 Å². The molecule has 0 saturated carbocycles. The lowest BCUT2D eigenvalue weighted by Crippen LogP contribution is -2.15. The topological polar surface area (TPSA) is 78.0 Å². The molecule has 2 rings (SSSR count). The summed E-state index contributed by atoms with van der Waals surface area (Å²) in [6.07, 6.45) is 1.57. The van der Waals surface area contributed by atoms with Gasteiger partial charge < -0.3 is 10.4 Å². The van der Waals surface area contributed by atoms with Gasteiger partial charge in [-0.2, -0.15) is 9.49 Å². The first-order valence-corrected chi connectivity index (χ1v) is 6.16. The largest absolute Gasteiger partial charge is 0.503 e. The number of nitrogens with zero attached hydrogens (tertiary/aromatic N) is 1. The Labute approximate surface area is 117 Å². The van der Waals surface area contributed by atoms with Crippen LogP contribution in [0.4, 0.5) is 19.0 Å². The fraction of sp³-hybridized carbons (Fsp3) is 0.231. The Kier molecular flexibility index (Phi) is 4.15. The van der Waals surface area contributed by atoms with Crippen molar-refractivity contribution in [2.75, 3.05) is 5.32 Å². The lowest BCUT2D eigenvalue weighted by atomic mass is 10.1. The number of aromatic amines is 1. The van der Waals surface area contributed by atoms with Gasteiger partial charge in [-0.3, -0.25) is 9.89 Å². The van der Waals surface area contributed by atoms with Crippen LogP contribution >= 0.6 is 0 Å². The number of hydrogen-bond acceptors (Lipinski definition) is 3. The van der Waals surface area contributed by atoms with Crippen LogP contribution in [0.5, 0.6) is 5.75 Å². The first-order chi connectivity index (χ1) is 9.93. The van der Waals surface area contributed by atoms with Gasteiger partial charge in [0.15, 0.2) is 23.2 Å². The number of amides is 1. The van der Waals surface area contributed by atoms with Crippen LogP contribution in [0.2, 0.25) is 0 Å². The second-order valence-corrected chi connectivity index (χ2v) is 4.37. The Hall–Kier alpha value is -2.51. The Morgan fingerprint density at radius 3 is 2.71 bits per heavy atom. The number of phenols is 1. The van der Waals surface area contributed by atoms with Crippen molar-refractivity contribution in [2.45, 2.75) is 19.8 Å². The Morgan fingerprint density at radius 1 is 1.33 bits per heavy atom. The Morgan fingerprint density at radius 2 is 2.05 bits per heavy atom. The van der Waals surface area contributed by atoms with E-state index in [1.165, 1.54) is 0 Å². The van der Waals surface area contributed by atoms with Crippen molar-refractivity contribution in [1.29, 1.82) is 0 Å². The van der Waals surface area contributed by atoms with E-state index in [-0.39, 0.29) is 5.82 Å². The number of hydrogen-bond donors (Lipinski definition) is 3. The molecule has 112 valence electrons. The van der Waals surface area contributed by atoms with Crippen molar-refractivity contribution >= 4 is 11.7 Å². The smallest absolute Gasteiger partial charge is 0.260 e. The summed E-state index contributed by atoms with van der Waals surface area (Å²) in [6, 6.07) is 1.92. The average Bonchev–Trinajstić information content (AvgIpc) is 2.88. The highest BCUT2D eigenvalue weighted by Gasteiger charge is 2.22. The standard InChI is InChI=1S/C13H12F3N3O2/c1-2-3-6-4-9(19-18-6)17-13(21)7-5-8(14)11(16)12(20)10(7)15/h4-5,20H,2-3H2,1H3,(H2,17,18,19,21). The van der Waals surface area contributed by atoms with Gasteiger partial charge in [-0.15, -0.1) is 0 Å². The summed E-state index contributed by atoms with van der Waals surface area (Å²) in [6.45, 7) is 1.96. The molecule has 0 spiro atoms. The summed E-state index contributed by atoms with van der Waals surface area (Å²) in [5.41, 5.74) is -0.0483. The molecule has 0 aliphatic carbocycles. The molecule has 0 aliphatic heterocycles. The summed E-state index contributed by atoms with van der Waals surface area (Å²) in [5.74, 6) is -7.25. The highest BCUT2D eigenvalue weighted by Crippen LogP contribution is 2.26. The second-order valence-electron chi connectivity index (χ2n) is 4.37. The van der Waals surface area contributed by atoms with Crippen LogP contribution in [0.1, 0.15) is 29.4 Å². The Bertz CT molecular complexity index is 686. The maximum Gasteiger partial charge on any atom is 0.260 e. The summed E-state index contributed by atoms with van der Waals surface area (Å²) < 4.78 is 39.6. The van der Waals surface area contributed by atoms with Gasteiger partial charge in [0, 0.05) is 11.8 Å². The molecule has 1 aromatic carbocycles. The fourth-order valence-electron chi connectivity index (χ4n) is 1.76. The third-order valence-corrected chi connectivity index (χ3v) is 2.77. The number of halogens is 3. The zero-order chi connectivity index (χ0) is 15.6. The minimum absolute atomic E-state index is 0.118. The van der Waals surface area contributed by atoms with Gasteiger partial charge in [0.05, 0.1) is 5.56 Å². The number of nitrogens with one attached hydrogen (secondary N) is 2. The number of benzene rings is 1. The maximum absolute atomic E-state index is 13.6. The predicted octanol–water partition coefficient (Wildman–Crippen LogP) is 2.74. The predicted molar refractivity (Wildman–Crippen MR) is 68.5 cm³/mol. The minimum Gasteiger partial charge on any atom is -0.503 e. The number of aromatic hydroxyl groups is 1. The quantitative estimate of drug-likeness (QED) is 0.760. The van der Waals surface area contributed by atoms with Crippen LogP contribution in [0.3, 0.4) is 0 Å². The summed E-state index contributed by atoms with van der Waals surface area (Å²) in [4.78, 5) is 11.8. The molecule has 8 heteroatoms. The molecule has 0 radical (unpaired) electrons. The molecule has 0 aliphatic rings. The average molecular weight is 299 g/mol. The number of H-pyrrole nitrogens is 1. The van der Waals surface area contributed by atoms with E-state index in [1.807, 2.05) is 6.92 Å². The van der Waals surface area contributed by atoms with Crippen molar-refractivity contribution in [3.05, 3.63) is 40.8 Å². The van der Waals surface area contributed by atoms with Crippen LogP contribution in [0.25, 0.3) is 0 Å². The molecular formula is C13H12F3N3O2. The number of rotatable bonds is 4. The molecule has 1 amide bonds. The van der Waals surface area contributed by atoms with Crippen LogP contribution < -0.4 is 5.32 Å². The van der Waals surface area contributed by atoms with Crippen molar-refractivity contribution in [3.63, 3.8) is 0 Å². The number of aromatic nitrogens is 2. The first-order valence-electron chi connectivity index (χ1n) is 6.16. The van der Waals surface area contributed by atoms with E-state index >= 15 is 0 Å². The van der Waals surface area contributed by atoms with Crippen LogP contribution in [-0.2, 0) is 6.42 Å². The van der Waals surface area contributed by atoms with Gasteiger partial charge in [-0.05, 0) is 12.5 Å². The van der Waals surface area contributed by atoms with E-state index in [0.29, 0.717) is 12.5 Å². The third-order valence-electron chi connectivity index (χ3n) is 2.77. The highest BCUT2D eigenvalue weighted by molar-refractivity contribution is 6.04. The molecule has 0 saturated heterocycles. The van der Waals surface area contributed by atoms with Crippen molar-refractivity contribution < 1.29 is 23.1 Å². The van der Waals surface area contributed by atoms with Gasteiger partial charge in [0.2, 0.25) is 5.82 Å². The molecule has 2 aromatic rings. The van der Waals surface area contributed by atoms with E-state index < -0.39 is 34.7 Å². The van der Waals surface area contributed by atoms with E-state index in [9.17, 15) is 18.0 Å². The molecule has 21 heavy (non-hydrogen) atoms. The molecule has 0 fully saturated rings. The molecule has 3 N–H and O–H groups in total. The van der Waals surface area contributed by atoms with E-state index in [2.05, 4.69) is 15.5 Å². The molecular weight excluding hydrogens is 287 g/mol. The second kappa shape index (κ2) is 5.86. The number of carbonyl (C=O) groups is 1. The minimum atomic E-state index is -1.74. The number of carbonyl (C=O) groups excluding carboxylic acids is 1. The first kappa shape index (κ1) is 14.9. The molecule has 1 heterocycles. The van der Waals surface area contributed by atoms with Gasteiger partial charge >= 0.3 is 0 Å². The maximum atomic E-state index is 13.6. The molecule has 0 unspecified atom stereocenters. The van der Waals surface area contributed by atoms with E-state index in [1.54, 1.807) is 6.07 Å². The highest BCUT2D eigenvalue weighted by atomic mass is 19.2. The lowest BCUT2D eigenvalue weighted by molar-refractivity contribution is 0.102. The number of anilines is 1. The molecule has 5 nitrogen and oxygen atoms in total. The zero-order valence-electron chi connectivity index (χ0n) is 11.0. The molecule has 1 aromatic heterocycles. The number of aryl methyl sites for hydroxylation is 1. The monoisotopic (exact) mass is 299 g/mol. The summed E-state index contributed by atoms with van der Waals surface area (Å²) in [5, 5.41) is 17.7. The summed E-state index contributed by atoms with van der Waals surface area (Å²) >= 11 is 0. The van der Waals surface area contributed by atoms with Crippen molar-refractivity contribution in [2.24, 2.45) is 0 Å². The van der Waals surface area contributed by atoms with Gasteiger partial charge in [0.25, 0.3) is 5.91 Å².